The molecule has 0 unspecified atom stereocenters. The highest BCUT2D eigenvalue weighted by molar-refractivity contribution is 6.35. The lowest BCUT2D eigenvalue weighted by atomic mass is 10.2. The Kier molecular flexibility index (Phi) is 4.83. The lowest BCUT2D eigenvalue weighted by Crippen LogP contribution is -2.17. The van der Waals surface area contributed by atoms with Crippen LogP contribution >= 0.6 is 23.2 Å². The molecule has 0 bridgehead atoms. The van der Waals surface area contributed by atoms with E-state index in [1.54, 1.807) is 42.2 Å². The van der Waals surface area contributed by atoms with Crippen LogP contribution in [0.5, 0.6) is 0 Å². The van der Waals surface area contributed by atoms with Gasteiger partial charge in [-0.25, -0.2) is 0 Å². The molecule has 25 heavy (non-hydrogen) atoms. The van der Waals surface area contributed by atoms with Crippen LogP contribution in [0.3, 0.4) is 0 Å². The third-order valence-corrected chi connectivity index (χ3v) is 4.75. The van der Waals surface area contributed by atoms with Gasteiger partial charge in [-0.2, -0.15) is 10.2 Å². The van der Waals surface area contributed by atoms with Crippen molar-refractivity contribution in [3.63, 3.8) is 0 Å². The van der Waals surface area contributed by atoms with Crippen molar-refractivity contribution in [1.82, 2.24) is 19.6 Å². The van der Waals surface area contributed by atoms with E-state index in [2.05, 4.69) is 15.5 Å². The Morgan fingerprint density at radius 3 is 2.48 bits per heavy atom. The minimum absolute atomic E-state index is 0.235. The zero-order chi connectivity index (χ0) is 18.1. The average Bonchev–Trinajstić information content (AvgIpc) is 3.09. The first-order valence-corrected chi connectivity index (χ1v) is 8.40. The summed E-state index contributed by atoms with van der Waals surface area (Å²) >= 11 is 12.5. The largest absolute Gasteiger partial charge is 0.317 e. The lowest BCUT2D eigenvalue weighted by molar-refractivity contribution is 0.101. The van der Waals surface area contributed by atoms with Crippen LogP contribution in [0.4, 0.5) is 5.69 Å². The molecule has 0 atom stereocenters. The molecule has 1 amide bonds. The predicted octanol–water partition coefficient (Wildman–Crippen LogP) is 3.84. The molecule has 0 aliphatic rings. The molecule has 1 aromatic carbocycles. The Hall–Kier alpha value is -2.31. The van der Waals surface area contributed by atoms with E-state index >= 15 is 0 Å². The first-order valence-electron chi connectivity index (χ1n) is 7.64. The normalized spacial score (nSPS) is 10.9. The molecule has 2 heterocycles. The number of carbonyl (C=O) groups excluding carboxylic acids is 1. The molecule has 6 nitrogen and oxygen atoms in total. The SMILES string of the molecule is Cc1nn(Cc2c(Cl)cccc2Cl)c(C)c1NC(=O)c1ccnn1C. The number of anilines is 1. The molecule has 0 spiro atoms. The molecule has 0 saturated carbocycles. The molecule has 0 aliphatic heterocycles. The van der Waals surface area contributed by atoms with Crippen LogP contribution in [0.15, 0.2) is 30.5 Å². The van der Waals surface area contributed by atoms with Gasteiger partial charge in [0.15, 0.2) is 0 Å². The second-order valence-electron chi connectivity index (χ2n) is 5.70. The first-order chi connectivity index (χ1) is 11.9. The number of hydrogen-bond donors (Lipinski definition) is 1. The summed E-state index contributed by atoms with van der Waals surface area (Å²) in [6.07, 6.45) is 1.58. The molecule has 2 aromatic heterocycles. The zero-order valence-electron chi connectivity index (χ0n) is 14.0. The second kappa shape index (κ2) is 6.90. The van der Waals surface area contributed by atoms with Crippen molar-refractivity contribution < 1.29 is 4.79 Å². The molecule has 3 aromatic rings. The van der Waals surface area contributed by atoms with E-state index in [0.29, 0.717) is 28.0 Å². The Labute approximate surface area is 155 Å². The van der Waals surface area contributed by atoms with E-state index in [4.69, 9.17) is 23.2 Å². The summed E-state index contributed by atoms with van der Waals surface area (Å²) in [5.41, 5.74) is 3.48. The van der Waals surface area contributed by atoms with Crippen molar-refractivity contribution in [3.8, 4) is 0 Å². The fourth-order valence-electron chi connectivity index (χ4n) is 2.64. The summed E-state index contributed by atoms with van der Waals surface area (Å²) in [4.78, 5) is 12.4. The predicted molar refractivity (Wildman–Crippen MR) is 98.4 cm³/mol. The maximum absolute atomic E-state index is 12.4. The minimum atomic E-state index is -0.235. The number of halogens is 2. The van der Waals surface area contributed by atoms with Crippen molar-refractivity contribution in [2.75, 3.05) is 5.32 Å². The number of benzene rings is 1. The number of hydrogen-bond acceptors (Lipinski definition) is 3. The summed E-state index contributed by atoms with van der Waals surface area (Å²) in [7, 11) is 1.72. The van der Waals surface area contributed by atoms with Crippen LogP contribution in [0.1, 0.15) is 27.4 Å². The number of aromatic nitrogens is 4. The fraction of sp³-hybridized carbons (Fsp3) is 0.235. The lowest BCUT2D eigenvalue weighted by Gasteiger charge is -2.10. The van der Waals surface area contributed by atoms with E-state index < -0.39 is 0 Å². The van der Waals surface area contributed by atoms with Crippen LogP contribution in [0, 0.1) is 13.8 Å². The van der Waals surface area contributed by atoms with Crippen LogP contribution in [0.25, 0.3) is 0 Å². The van der Waals surface area contributed by atoms with E-state index in [1.165, 1.54) is 4.68 Å². The molecule has 1 N–H and O–H groups in total. The smallest absolute Gasteiger partial charge is 0.274 e. The van der Waals surface area contributed by atoms with Crippen molar-refractivity contribution in [2.24, 2.45) is 7.05 Å². The van der Waals surface area contributed by atoms with Crippen molar-refractivity contribution >= 4 is 34.8 Å². The fourth-order valence-corrected chi connectivity index (χ4v) is 3.16. The number of carbonyl (C=O) groups is 1. The van der Waals surface area contributed by atoms with Gasteiger partial charge >= 0.3 is 0 Å². The molecular weight excluding hydrogens is 361 g/mol. The standard InChI is InChI=1S/C17H17Cl2N5O/c1-10-16(21-17(25)15-7-8-20-23(15)3)11(2)24(22-10)9-12-13(18)5-4-6-14(12)19/h4-8H,9H2,1-3H3,(H,21,25). The summed E-state index contributed by atoms with van der Waals surface area (Å²) in [5.74, 6) is -0.235. The zero-order valence-corrected chi connectivity index (χ0v) is 15.6. The van der Waals surface area contributed by atoms with E-state index in [0.717, 1.165) is 17.0 Å². The Bertz CT molecular complexity index is 924. The summed E-state index contributed by atoms with van der Waals surface area (Å²) in [5, 5.41) is 12.6. The monoisotopic (exact) mass is 377 g/mol. The quantitative estimate of drug-likeness (QED) is 0.750. The molecule has 3 rings (SSSR count). The molecule has 130 valence electrons. The highest BCUT2D eigenvalue weighted by Crippen LogP contribution is 2.27. The summed E-state index contributed by atoms with van der Waals surface area (Å²) in [6, 6.07) is 7.04. The van der Waals surface area contributed by atoms with Crippen LogP contribution < -0.4 is 5.32 Å². The highest BCUT2D eigenvalue weighted by Gasteiger charge is 2.18. The molecular formula is C17H17Cl2N5O. The number of rotatable bonds is 4. The number of amides is 1. The second-order valence-corrected chi connectivity index (χ2v) is 6.51. The van der Waals surface area contributed by atoms with Gasteiger partial charge in [-0.1, -0.05) is 29.3 Å². The van der Waals surface area contributed by atoms with E-state index in [-0.39, 0.29) is 5.91 Å². The van der Waals surface area contributed by atoms with Gasteiger partial charge in [0.25, 0.3) is 5.91 Å². The Morgan fingerprint density at radius 1 is 1.20 bits per heavy atom. The van der Waals surface area contributed by atoms with Crippen molar-refractivity contribution in [1.29, 1.82) is 0 Å². The number of nitrogens with zero attached hydrogens (tertiary/aromatic N) is 4. The third-order valence-electron chi connectivity index (χ3n) is 4.04. The molecule has 0 saturated heterocycles. The molecule has 8 heteroatoms. The highest BCUT2D eigenvalue weighted by atomic mass is 35.5. The van der Waals surface area contributed by atoms with E-state index in [9.17, 15) is 4.79 Å². The topological polar surface area (TPSA) is 64.7 Å². The third kappa shape index (κ3) is 3.41. The van der Waals surface area contributed by atoms with Crippen molar-refractivity contribution in [2.45, 2.75) is 20.4 Å². The van der Waals surface area contributed by atoms with Crippen LogP contribution in [0.2, 0.25) is 10.0 Å². The van der Waals surface area contributed by atoms with Gasteiger partial charge in [-0.3, -0.25) is 14.2 Å². The molecule has 0 fully saturated rings. The summed E-state index contributed by atoms with van der Waals surface area (Å²) in [6.45, 7) is 4.16. The average molecular weight is 378 g/mol. The maximum atomic E-state index is 12.4. The van der Waals surface area contributed by atoms with E-state index in [1.807, 2.05) is 13.8 Å². The van der Waals surface area contributed by atoms with Gasteiger partial charge in [-0.05, 0) is 32.0 Å². The maximum Gasteiger partial charge on any atom is 0.274 e. The Morgan fingerprint density at radius 2 is 1.88 bits per heavy atom. The summed E-state index contributed by atoms with van der Waals surface area (Å²) < 4.78 is 3.30. The molecule has 0 aliphatic carbocycles. The van der Waals surface area contributed by atoms with Crippen LogP contribution in [-0.4, -0.2) is 25.5 Å². The number of aryl methyl sites for hydroxylation is 2. The van der Waals surface area contributed by atoms with Gasteiger partial charge < -0.3 is 5.32 Å². The van der Waals surface area contributed by atoms with Gasteiger partial charge in [0.2, 0.25) is 0 Å². The van der Waals surface area contributed by atoms with Gasteiger partial charge in [0, 0.05) is 28.9 Å². The van der Waals surface area contributed by atoms with Gasteiger partial charge in [-0.15, -0.1) is 0 Å². The minimum Gasteiger partial charge on any atom is -0.317 e. The van der Waals surface area contributed by atoms with Gasteiger partial charge in [0.05, 0.1) is 23.6 Å². The Balaban J connectivity index is 1.89. The number of nitrogens with one attached hydrogen (secondary N) is 1. The van der Waals surface area contributed by atoms with Crippen molar-refractivity contribution in [3.05, 3.63) is 63.2 Å². The van der Waals surface area contributed by atoms with Gasteiger partial charge in [0.1, 0.15) is 5.69 Å². The first kappa shape index (κ1) is 17.5. The van der Waals surface area contributed by atoms with Crippen LogP contribution in [-0.2, 0) is 13.6 Å². The molecule has 0 radical (unpaired) electrons.